The third-order valence-electron chi connectivity index (χ3n) is 8.80. The second kappa shape index (κ2) is 9.92. The van der Waals surface area contributed by atoms with E-state index in [4.69, 9.17) is 9.72 Å². The third kappa shape index (κ3) is 4.48. The van der Waals surface area contributed by atoms with Crippen LogP contribution in [0, 0.1) is 11.8 Å². The topological polar surface area (TPSA) is 84.7 Å². The number of aromatic nitrogens is 2. The molecule has 5 rings (SSSR count). The summed E-state index contributed by atoms with van der Waals surface area (Å²) in [4.78, 5) is 31.9. The Morgan fingerprint density at radius 3 is 2.66 bits per heavy atom. The molecule has 35 heavy (non-hydrogen) atoms. The smallest absolute Gasteiger partial charge is 0.414 e. The number of aryl methyl sites for hydroxylation is 1. The van der Waals surface area contributed by atoms with E-state index in [2.05, 4.69) is 17.6 Å². The van der Waals surface area contributed by atoms with Crippen LogP contribution in [0.15, 0.2) is 12.1 Å². The predicted octanol–water partition coefficient (Wildman–Crippen LogP) is 5.36. The molecule has 2 fully saturated rings. The van der Waals surface area contributed by atoms with E-state index >= 15 is 0 Å². The SMILES string of the molecule is COC(=O)N1c2ccc3c(nc(C[C@@H]4CCCC[C@H]4O)n3[C@@H]3CCC[C@@H](C(C)=O)C3)c2CC[C@@H]1C. The van der Waals surface area contributed by atoms with Gasteiger partial charge in [0.15, 0.2) is 0 Å². The Kier molecular flexibility index (Phi) is 6.88. The average Bonchev–Trinajstić information content (AvgIpc) is 3.23. The van der Waals surface area contributed by atoms with Crippen molar-refractivity contribution in [1.29, 1.82) is 0 Å². The summed E-state index contributed by atoms with van der Waals surface area (Å²) in [6.45, 7) is 3.78. The molecule has 0 bridgehead atoms. The molecule has 2 heterocycles. The van der Waals surface area contributed by atoms with Crippen molar-refractivity contribution in [1.82, 2.24) is 9.55 Å². The van der Waals surface area contributed by atoms with Crippen LogP contribution >= 0.6 is 0 Å². The molecule has 0 radical (unpaired) electrons. The molecule has 1 aromatic carbocycles. The van der Waals surface area contributed by atoms with Gasteiger partial charge in [-0.05, 0) is 76.8 Å². The highest BCUT2D eigenvalue weighted by molar-refractivity contribution is 5.95. The van der Waals surface area contributed by atoms with Crippen molar-refractivity contribution in [2.45, 2.75) is 103 Å². The summed E-state index contributed by atoms with van der Waals surface area (Å²) in [7, 11) is 1.43. The Morgan fingerprint density at radius 2 is 1.91 bits per heavy atom. The number of carbonyl (C=O) groups is 2. The van der Waals surface area contributed by atoms with E-state index in [1.54, 1.807) is 11.8 Å². The normalized spacial score (nSPS) is 29.1. The lowest BCUT2D eigenvalue weighted by Crippen LogP contribution is -2.42. The zero-order valence-corrected chi connectivity index (χ0v) is 21.3. The van der Waals surface area contributed by atoms with Crippen molar-refractivity contribution in [2.75, 3.05) is 12.0 Å². The Balaban J connectivity index is 1.61. The first-order chi connectivity index (χ1) is 16.9. The Labute approximate surface area is 207 Å². The van der Waals surface area contributed by atoms with Crippen LogP contribution in [0.25, 0.3) is 11.0 Å². The van der Waals surface area contributed by atoms with Crippen LogP contribution in [0.5, 0.6) is 0 Å². The second-order valence-electron chi connectivity index (χ2n) is 11.0. The molecule has 0 unspecified atom stereocenters. The zero-order valence-electron chi connectivity index (χ0n) is 21.3. The van der Waals surface area contributed by atoms with Gasteiger partial charge in [-0.1, -0.05) is 19.3 Å². The van der Waals surface area contributed by atoms with E-state index < -0.39 is 0 Å². The van der Waals surface area contributed by atoms with E-state index in [1.165, 1.54) is 7.11 Å². The average molecular weight is 482 g/mol. The molecule has 2 aromatic rings. The number of nitrogens with zero attached hydrogens (tertiary/aromatic N) is 3. The van der Waals surface area contributed by atoms with E-state index in [0.29, 0.717) is 0 Å². The van der Waals surface area contributed by atoms with Crippen molar-refractivity contribution in [3.8, 4) is 0 Å². The lowest BCUT2D eigenvalue weighted by Gasteiger charge is -2.34. The van der Waals surface area contributed by atoms with Gasteiger partial charge in [-0.2, -0.15) is 0 Å². The monoisotopic (exact) mass is 481 g/mol. The van der Waals surface area contributed by atoms with Gasteiger partial charge in [0.05, 0.1) is 29.9 Å². The first-order valence-corrected chi connectivity index (χ1v) is 13.5. The number of benzene rings is 1. The number of fused-ring (bicyclic) bond motifs is 3. The number of rotatable bonds is 4. The van der Waals surface area contributed by atoms with E-state index in [-0.39, 0.29) is 41.9 Å². The Hall–Kier alpha value is -2.41. The summed E-state index contributed by atoms with van der Waals surface area (Å²) in [5.41, 5.74) is 4.06. The number of carbonyl (C=O) groups excluding carboxylic acids is 2. The molecule has 2 saturated carbocycles. The highest BCUT2D eigenvalue weighted by atomic mass is 16.5. The summed E-state index contributed by atoms with van der Waals surface area (Å²) >= 11 is 0. The first-order valence-electron chi connectivity index (χ1n) is 13.5. The lowest BCUT2D eigenvalue weighted by molar-refractivity contribution is -0.122. The molecule has 1 aromatic heterocycles. The number of amides is 1. The Morgan fingerprint density at radius 1 is 1.11 bits per heavy atom. The van der Waals surface area contributed by atoms with Crippen molar-refractivity contribution >= 4 is 28.6 Å². The number of anilines is 1. The number of hydrogen-bond donors (Lipinski definition) is 1. The molecular weight excluding hydrogens is 442 g/mol. The van der Waals surface area contributed by atoms with Gasteiger partial charge in [0.2, 0.25) is 0 Å². The summed E-state index contributed by atoms with van der Waals surface area (Å²) < 4.78 is 7.50. The second-order valence-corrected chi connectivity index (χ2v) is 11.0. The van der Waals surface area contributed by atoms with Crippen LogP contribution in [-0.4, -0.2) is 45.8 Å². The summed E-state index contributed by atoms with van der Waals surface area (Å²) in [6, 6.07) is 4.46. The number of aliphatic hydroxyl groups excluding tert-OH is 1. The molecule has 5 atom stereocenters. The van der Waals surface area contributed by atoms with Gasteiger partial charge < -0.3 is 14.4 Å². The quantitative estimate of drug-likeness (QED) is 0.636. The first kappa shape index (κ1) is 24.3. The molecule has 7 nitrogen and oxygen atoms in total. The van der Waals surface area contributed by atoms with Gasteiger partial charge in [-0.3, -0.25) is 9.69 Å². The minimum absolute atomic E-state index is 0.0704. The molecule has 2 aliphatic carbocycles. The van der Waals surface area contributed by atoms with Gasteiger partial charge in [0.1, 0.15) is 11.6 Å². The fourth-order valence-corrected chi connectivity index (χ4v) is 6.80. The molecule has 0 spiro atoms. The Bertz CT molecular complexity index is 1110. The van der Waals surface area contributed by atoms with Gasteiger partial charge in [0, 0.05) is 30.0 Å². The van der Waals surface area contributed by atoms with Crippen molar-refractivity contribution in [3.05, 3.63) is 23.5 Å². The summed E-state index contributed by atoms with van der Waals surface area (Å²) in [5.74, 6) is 1.63. The number of ether oxygens (including phenoxy) is 1. The minimum atomic E-state index is -0.334. The van der Waals surface area contributed by atoms with Crippen molar-refractivity contribution < 1.29 is 19.4 Å². The molecule has 7 heteroatoms. The van der Waals surface area contributed by atoms with E-state index in [9.17, 15) is 14.7 Å². The minimum Gasteiger partial charge on any atom is -0.452 e. The van der Waals surface area contributed by atoms with Crippen LogP contribution in [0.3, 0.4) is 0 Å². The maximum absolute atomic E-state index is 12.6. The van der Waals surface area contributed by atoms with Crippen LogP contribution in [0.2, 0.25) is 0 Å². The zero-order chi connectivity index (χ0) is 24.7. The molecule has 3 aliphatic rings. The fraction of sp³-hybridized carbons (Fsp3) is 0.679. The van der Waals surface area contributed by atoms with Crippen LogP contribution < -0.4 is 4.90 Å². The number of imidazole rings is 1. The van der Waals surface area contributed by atoms with Gasteiger partial charge in [0.25, 0.3) is 0 Å². The van der Waals surface area contributed by atoms with E-state index in [1.807, 2.05) is 6.07 Å². The molecule has 0 saturated heterocycles. The number of ketones is 1. The predicted molar refractivity (Wildman–Crippen MR) is 136 cm³/mol. The third-order valence-corrected chi connectivity index (χ3v) is 8.80. The maximum atomic E-state index is 12.6. The largest absolute Gasteiger partial charge is 0.452 e. The standard InChI is InChI=1S/C28H39N3O4/c1-17-11-12-22-23(30(17)28(34)35-3)13-14-24-27(22)29-26(16-20-7-4-5-10-25(20)33)31(24)21-9-6-8-19(15-21)18(2)32/h13-14,17,19-21,25,33H,4-12,15-16H2,1-3H3/t17-,19+,20-,21+,25+/m0/s1. The van der Waals surface area contributed by atoms with Crippen molar-refractivity contribution in [2.24, 2.45) is 11.8 Å². The van der Waals surface area contributed by atoms with Gasteiger partial charge in [-0.15, -0.1) is 0 Å². The molecule has 190 valence electrons. The lowest BCUT2D eigenvalue weighted by atomic mass is 9.82. The van der Waals surface area contributed by atoms with E-state index in [0.717, 1.165) is 98.7 Å². The van der Waals surface area contributed by atoms with Gasteiger partial charge >= 0.3 is 6.09 Å². The highest BCUT2D eigenvalue weighted by Gasteiger charge is 2.34. The van der Waals surface area contributed by atoms with Crippen LogP contribution in [0.4, 0.5) is 10.5 Å². The van der Waals surface area contributed by atoms with Crippen LogP contribution in [0.1, 0.15) is 89.1 Å². The fourth-order valence-electron chi connectivity index (χ4n) is 6.80. The number of aliphatic hydroxyl groups is 1. The summed E-state index contributed by atoms with van der Waals surface area (Å²) in [5, 5.41) is 10.7. The number of methoxy groups -OCH3 is 1. The molecule has 1 amide bonds. The molecule has 1 aliphatic heterocycles. The molecular formula is C28H39N3O4. The molecule has 1 N–H and O–H groups in total. The number of Topliss-reactive ketones (excluding diaryl/α,β-unsaturated/α-hetero) is 1. The van der Waals surface area contributed by atoms with Crippen molar-refractivity contribution in [3.63, 3.8) is 0 Å². The number of hydrogen-bond acceptors (Lipinski definition) is 5. The van der Waals surface area contributed by atoms with Gasteiger partial charge in [-0.25, -0.2) is 9.78 Å². The van der Waals surface area contributed by atoms with Crippen LogP contribution in [-0.2, 0) is 22.4 Å². The highest BCUT2D eigenvalue weighted by Crippen LogP contribution is 2.41. The summed E-state index contributed by atoms with van der Waals surface area (Å²) in [6.07, 6.45) is 9.90. The maximum Gasteiger partial charge on any atom is 0.414 e.